The molecule has 0 bridgehead atoms. The fraction of sp³-hybridized carbons (Fsp3) is 0.138. The standard InChI is InChI=1S/C29H24FN3O4S/c30-22-13-11-20(12-14-22)18-33-25(28(35)31-17-19-6-2-1-3-7-19)26(37-29(33)36)21-8-4-9-23(16-21)32-27(34)24-10-5-15-38-24/h1-16,25-26H,17-18H2,(H,31,35)(H,32,34). The van der Waals surface area contributed by atoms with Gasteiger partial charge in [-0.05, 0) is 52.4 Å². The number of carbonyl (C=O) groups excluding carboxylic acids is 3. The molecule has 2 atom stereocenters. The predicted octanol–water partition coefficient (Wildman–Crippen LogP) is 5.52. The van der Waals surface area contributed by atoms with Gasteiger partial charge >= 0.3 is 6.09 Å². The van der Waals surface area contributed by atoms with Gasteiger partial charge in [-0.2, -0.15) is 0 Å². The van der Waals surface area contributed by atoms with Crippen molar-refractivity contribution < 1.29 is 23.5 Å². The van der Waals surface area contributed by atoms with Gasteiger partial charge in [-0.1, -0.05) is 60.7 Å². The maximum Gasteiger partial charge on any atom is 0.411 e. The van der Waals surface area contributed by atoms with Gasteiger partial charge in [0.1, 0.15) is 5.82 Å². The van der Waals surface area contributed by atoms with Crippen LogP contribution in [0.15, 0.2) is 96.4 Å². The quantitative estimate of drug-likeness (QED) is 0.315. The molecule has 1 fully saturated rings. The highest BCUT2D eigenvalue weighted by molar-refractivity contribution is 7.12. The molecule has 3 aromatic carbocycles. The molecule has 38 heavy (non-hydrogen) atoms. The average molecular weight is 530 g/mol. The molecule has 0 aliphatic carbocycles. The zero-order chi connectivity index (χ0) is 26.5. The van der Waals surface area contributed by atoms with Crippen LogP contribution in [-0.4, -0.2) is 28.8 Å². The van der Waals surface area contributed by atoms with Crippen LogP contribution in [0.5, 0.6) is 0 Å². The van der Waals surface area contributed by atoms with Crippen molar-refractivity contribution in [2.24, 2.45) is 0 Å². The van der Waals surface area contributed by atoms with Crippen LogP contribution >= 0.6 is 11.3 Å². The van der Waals surface area contributed by atoms with Gasteiger partial charge in [-0.25, -0.2) is 9.18 Å². The Morgan fingerprint density at radius 3 is 2.45 bits per heavy atom. The Balaban J connectivity index is 1.41. The molecule has 1 aromatic heterocycles. The highest BCUT2D eigenvalue weighted by atomic mass is 32.1. The Kier molecular flexibility index (Phi) is 7.46. The number of ether oxygens (including phenoxy) is 1. The monoisotopic (exact) mass is 529 g/mol. The molecule has 1 aliphatic rings. The Bertz CT molecular complexity index is 1430. The Labute approximate surface area is 222 Å². The Morgan fingerprint density at radius 2 is 1.71 bits per heavy atom. The van der Waals surface area contributed by atoms with Gasteiger partial charge in [-0.3, -0.25) is 14.5 Å². The fourth-order valence-corrected chi connectivity index (χ4v) is 4.90. The summed E-state index contributed by atoms with van der Waals surface area (Å²) in [5, 5.41) is 7.58. The molecule has 5 rings (SSSR count). The lowest BCUT2D eigenvalue weighted by Gasteiger charge is -2.24. The first-order chi connectivity index (χ1) is 18.5. The minimum absolute atomic E-state index is 0.0633. The lowest BCUT2D eigenvalue weighted by molar-refractivity contribution is -0.126. The second-order valence-corrected chi connectivity index (χ2v) is 9.71. The van der Waals surface area contributed by atoms with Crippen molar-refractivity contribution in [3.05, 3.63) is 124 Å². The van der Waals surface area contributed by atoms with E-state index in [1.807, 2.05) is 35.7 Å². The molecular weight excluding hydrogens is 505 g/mol. The van der Waals surface area contributed by atoms with Gasteiger partial charge in [-0.15, -0.1) is 11.3 Å². The van der Waals surface area contributed by atoms with E-state index in [0.29, 0.717) is 21.7 Å². The van der Waals surface area contributed by atoms with Crippen molar-refractivity contribution in [1.82, 2.24) is 10.2 Å². The molecule has 4 aromatic rings. The van der Waals surface area contributed by atoms with E-state index in [-0.39, 0.29) is 24.9 Å². The summed E-state index contributed by atoms with van der Waals surface area (Å²) in [6.45, 7) is 0.340. The first-order valence-electron chi connectivity index (χ1n) is 12.0. The lowest BCUT2D eigenvalue weighted by Crippen LogP contribution is -2.46. The molecule has 1 saturated heterocycles. The highest BCUT2D eigenvalue weighted by Gasteiger charge is 2.47. The van der Waals surface area contributed by atoms with E-state index >= 15 is 0 Å². The molecule has 192 valence electrons. The number of anilines is 1. The van der Waals surface area contributed by atoms with Gasteiger partial charge < -0.3 is 15.4 Å². The third kappa shape index (κ3) is 5.73. The van der Waals surface area contributed by atoms with Crippen LogP contribution in [0.4, 0.5) is 14.9 Å². The first-order valence-corrected chi connectivity index (χ1v) is 12.8. The topological polar surface area (TPSA) is 87.7 Å². The number of carbonyl (C=O) groups is 3. The summed E-state index contributed by atoms with van der Waals surface area (Å²) in [5.74, 6) is -1.04. The van der Waals surface area contributed by atoms with Crippen LogP contribution in [-0.2, 0) is 22.6 Å². The third-order valence-electron chi connectivity index (χ3n) is 6.15. The summed E-state index contributed by atoms with van der Waals surface area (Å²) in [4.78, 5) is 41.0. The van der Waals surface area contributed by atoms with Crippen LogP contribution in [0.2, 0.25) is 0 Å². The number of hydrogen-bond acceptors (Lipinski definition) is 5. The van der Waals surface area contributed by atoms with E-state index in [1.54, 1.807) is 48.5 Å². The van der Waals surface area contributed by atoms with Crippen LogP contribution in [0.1, 0.15) is 32.5 Å². The number of amides is 3. The molecule has 2 unspecified atom stereocenters. The Morgan fingerprint density at radius 1 is 0.921 bits per heavy atom. The van der Waals surface area contributed by atoms with E-state index in [2.05, 4.69) is 10.6 Å². The Hall–Kier alpha value is -4.50. The van der Waals surface area contributed by atoms with Crippen molar-refractivity contribution >= 4 is 34.9 Å². The molecule has 3 amide bonds. The van der Waals surface area contributed by atoms with Gasteiger partial charge in [0.25, 0.3) is 5.91 Å². The number of rotatable bonds is 8. The minimum Gasteiger partial charge on any atom is -0.438 e. The summed E-state index contributed by atoms with van der Waals surface area (Å²) < 4.78 is 19.2. The van der Waals surface area contributed by atoms with E-state index in [9.17, 15) is 18.8 Å². The smallest absolute Gasteiger partial charge is 0.411 e. The summed E-state index contributed by atoms with van der Waals surface area (Å²) in [6, 6.07) is 24.6. The zero-order valence-corrected chi connectivity index (χ0v) is 21.0. The predicted molar refractivity (Wildman–Crippen MR) is 142 cm³/mol. The zero-order valence-electron chi connectivity index (χ0n) is 20.2. The summed E-state index contributed by atoms with van der Waals surface area (Å²) in [6.07, 6.45) is -1.58. The van der Waals surface area contributed by atoms with E-state index in [1.165, 1.54) is 28.4 Å². The number of thiophene rings is 1. The van der Waals surface area contributed by atoms with Gasteiger partial charge in [0.2, 0.25) is 5.91 Å². The molecule has 1 aliphatic heterocycles. The molecular formula is C29H24FN3O4S. The van der Waals surface area contributed by atoms with Crippen molar-refractivity contribution in [1.29, 1.82) is 0 Å². The molecule has 2 N–H and O–H groups in total. The second-order valence-electron chi connectivity index (χ2n) is 8.76. The summed E-state index contributed by atoms with van der Waals surface area (Å²) >= 11 is 1.33. The number of nitrogens with zero attached hydrogens (tertiary/aromatic N) is 1. The molecule has 7 nitrogen and oxygen atoms in total. The van der Waals surface area contributed by atoms with Gasteiger partial charge in [0.15, 0.2) is 12.1 Å². The van der Waals surface area contributed by atoms with E-state index in [4.69, 9.17) is 4.74 Å². The van der Waals surface area contributed by atoms with Crippen LogP contribution < -0.4 is 10.6 Å². The number of hydrogen-bond donors (Lipinski definition) is 2. The number of benzene rings is 3. The van der Waals surface area contributed by atoms with Crippen LogP contribution in [0.3, 0.4) is 0 Å². The molecule has 0 spiro atoms. The van der Waals surface area contributed by atoms with Crippen LogP contribution in [0, 0.1) is 5.82 Å². The van der Waals surface area contributed by atoms with Crippen molar-refractivity contribution in [3.8, 4) is 0 Å². The third-order valence-corrected chi connectivity index (χ3v) is 7.02. The van der Waals surface area contributed by atoms with Gasteiger partial charge in [0.05, 0.1) is 11.4 Å². The number of halogens is 1. The highest BCUT2D eigenvalue weighted by Crippen LogP contribution is 2.35. The van der Waals surface area contributed by atoms with Crippen molar-refractivity contribution in [2.45, 2.75) is 25.2 Å². The maximum atomic E-state index is 13.5. The molecule has 0 radical (unpaired) electrons. The average Bonchev–Trinajstić information content (AvgIpc) is 3.58. The van der Waals surface area contributed by atoms with Crippen molar-refractivity contribution in [2.75, 3.05) is 5.32 Å². The minimum atomic E-state index is -0.987. The molecule has 0 saturated carbocycles. The summed E-state index contributed by atoms with van der Waals surface area (Å²) in [5.41, 5.74) is 2.63. The largest absolute Gasteiger partial charge is 0.438 e. The molecule has 2 heterocycles. The summed E-state index contributed by atoms with van der Waals surface area (Å²) in [7, 11) is 0. The SMILES string of the molecule is O=C(Nc1cccc(C2OC(=O)N(Cc3ccc(F)cc3)C2C(=O)NCc2ccccc2)c1)c1cccs1. The van der Waals surface area contributed by atoms with E-state index < -0.39 is 24.1 Å². The lowest BCUT2D eigenvalue weighted by atomic mass is 10.00. The normalized spacial score (nSPS) is 16.7. The number of nitrogens with one attached hydrogen (secondary N) is 2. The van der Waals surface area contributed by atoms with Crippen molar-refractivity contribution in [3.63, 3.8) is 0 Å². The second kappa shape index (κ2) is 11.3. The van der Waals surface area contributed by atoms with Gasteiger partial charge in [0, 0.05) is 12.2 Å². The fourth-order valence-electron chi connectivity index (χ4n) is 4.28. The number of cyclic esters (lactones) is 1. The van der Waals surface area contributed by atoms with Crippen LogP contribution in [0.25, 0.3) is 0 Å². The van der Waals surface area contributed by atoms with E-state index in [0.717, 1.165) is 5.56 Å². The maximum absolute atomic E-state index is 13.5. The molecule has 9 heteroatoms. The first kappa shape index (κ1) is 25.2.